The summed E-state index contributed by atoms with van der Waals surface area (Å²) >= 11 is 9.41. The first-order valence-electron chi connectivity index (χ1n) is 7.54. The third kappa shape index (κ3) is 2.86. The fourth-order valence-electron chi connectivity index (χ4n) is 2.73. The molecule has 4 rings (SSSR count). The summed E-state index contributed by atoms with van der Waals surface area (Å²) in [6.07, 6.45) is 0. The molecule has 24 heavy (non-hydrogen) atoms. The van der Waals surface area contributed by atoms with Crippen molar-refractivity contribution in [1.82, 2.24) is 0 Å². The molecule has 120 valence electrons. The lowest BCUT2D eigenvalue weighted by atomic mass is 10.1. The van der Waals surface area contributed by atoms with Crippen LogP contribution in [0.3, 0.4) is 0 Å². The van der Waals surface area contributed by atoms with Gasteiger partial charge in [0.2, 0.25) is 0 Å². The van der Waals surface area contributed by atoms with Crippen LogP contribution in [0, 0.1) is 6.92 Å². The van der Waals surface area contributed by atoms with Crippen molar-refractivity contribution in [3.8, 4) is 10.4 Å². The molecule has 0 saturated heterocycles. The number of hydrogen-bond acceptors (Lipinski definition) is 3. The number of rotatable bonds is 2. The molecule has 3 aromatic rings. The monoisotopic (exact) mass is 371 g/mol. The van der Waals surface area contributed by atoms with E-state index in [1.165, 1.54) is 20.9 Å². The van der Waals surface area contributed by atoms with E-state index in [0.717, 1.165) is 26.9 Å². The third-order valence-electron chi connectivity index (χ3n) is 4.00. The number of carbonyl (C=O) groups excluding carboxylic acids is 1. The van der Waals surface area contributed by atoms with Crippen molar-refractivity contribution in [3.63, 3.8) is 0 Å². The summed E-state index contributed by atoms with van der Waals surface area (Å²) in [5.74, 6) is 0.820. The van der Waals surface area contributed by atoms with E-state index in [2.05, 4.69) is 5.32 Å². The minimum Gasteiger partial charge on any atom is -0.321 e. The highest BCUT2D eigenvalue weighted by atomic mass is 35.5. The normalized spacial score (nSPS) is 12.4. The van der Waals surface area contributed by atoms with Crippen LogP contribution in [-0.2, 0) is 5.75 Å². The smallest absolute Gasteiger partial charge is 0.265 e. The Kier molecular flexibility index (Phi) is 4.12. The van der Waals surface area contributed by atoms with Gasteiger partial charge < -0.3 is 5.32 Å². The molecule has 1 aliphatic heterocycles. The number of thioether (sulfide) groups is 1. The second kappa shape index (κ2) is 6.28. The number of halogens is 1. The van der Waals surface area contributed by atoms with Crippen molar-refractivity contribution in [1.29, 1.82) is 0 Å². The molecule has 1 aromatic heterocycles. The van der Waals surface area contributed by atoms with Crippen LogP contribution in [0.2, 0.25) is 5.02 Å². The SMILES string of the molecule is Cc1ccccc1NC(=O)c1cc2c(s1)-c1ccc(Cl)cc1SC2. The largest absolute Gasteiger partial charge is 0.321 e. The van der Waals surface area contributed by atoms with E-state index in [-0.39, 0.29) is 5.91 Å². The van der Waals surface area contributed by atoms with Gasteiger partial charge >= 0.3 is 0 Å². The molecule has 0 aliphatic carbocycles. The van der Waals surface area contributed by atoms with Gasteiger partial charge in [0.05, 0.1) is 4.88 Å². The van der Waals surface area contributed by atoms with Crippen molar-refractivity contribution >= 4 is 46.3 Å². The minimum absolute atomic E-state index is 0.0517. The maximum absolute atomic E-state index is 12.6. The molecule has 2 heterocycles. The Morgan fingerprint density at radius 1 is 1.17 bits per heavy atom. The first-order chi connectivity index (χ1) is 11.6. The lowest BCUT2D eigenvalue weighted by Gasteiger charge is -2.15. The number of carbonyl (C=O) groups is 1. The number of benzene rings is 2. The standard InChI is InChI=1S/C19H14ClNOS2/c1-11-4-2-3-5-15(11)21-19(22)17-8-12-10-23-16-9-13(20)6-7-14(16)18(12)24-17/h2-9H,10H2,1H3,(H,21,22). The van der Waals surface area contributed by atoms with Crippen molar-refractivity contribution in [3.05, 3.63) is 69.6 Å². The topological polar surface area (TPSA) is 29.1 Å². The number of aryl methyl sites for hydroxylation is 1. The zero-order valence-electron chi connectivity index (χ0n) is 12.9. The van der Waals surface area contributed by atoms with Crippen LogP contribution in [-0.4, -0.2) is 5.91 Å². The van der Waals surface area contributed by atoms with Gasteiger partial charge in [-0.05, 0) is 42.3 Å². The predicted octanol–water partition coefficient (Wildman–Crippen LogP) is 6.23. The summed E-state index contributed by atoms with van der Waals surface area (Å²) in [7, 11) is 0. The number of anilines is 1. The molecule has 0 fully saturated rings. The predicted molar refractivity (Wildman–Crippen MR) is 103 cm³/mol. The van der Waals surface area contributed by atoms with E-state index in [9.17, 15) is 4.79 Å². The molecule has 1 amide bonds. The minimum atomic E-state index is -0.0517. The van der Waals surface area contributed by atoms with Crippen molar-refractivity contribution < 1.29 is 4.79 Å². The summed E-state index contributed by atoms with van der Waals surface area (Å²) in [6, 6.07) is 15.8. The number of hydrogen-bond donors (Lipinski definition) is 1. The van der Waals surface area contributed by atoms with Gasteiger partial charge in [0.1, 0.15) is 0 Å². The van der Waals surface area contributed by atoms with Gasteiger partial charge in [-0.25, -0.2) is 0 Å². The molecule has 2 nitrogen and oxygen atoms in total. The van der Waals surface area contributed by atoms with E-state index in [1.54, 1.807) is 23.1 Å². The van der Waals surface area contributed by atoms with Gasteiger partial charge in [0, 0.05) is 31.8 Å². The molecule has 0 saturated carbocycles. The average molecular weight is 372 g/mol. The molecular formula is C19H14ClNOS2. The average Bonchev–Trinajstić information content (AvgIpc) is 3.01. The Hall–Kier alpha value is -1.75. The molecule has 0 atom stereocenters. The van der Waals surface area contributed by atoms with Crippen molar-refractivity contribution in [2.75, 3.05) is 5.32 Å². The maximum atomic E-state index is 12.6. The zero-order valence-corrected chi connectivity index (χ0v) is 15.3. The van der Waals surface area contributed by atoms with Gasteiger partial charge in [-0.15, -0.1) is 23.1 Å². The third-order valence-corrected chi connectivity index (χ3v) is 6.55. The summed E-state index contributed by atoms with van der Waals surface area (Å²) in [6.45, 7) is 1.99. The summed E-state index contributed by atoms with van der Waals surface area (Å²) in [5, 5.41) is 3.76. The number of amides is 1. The molecule has 5 heteroatoms. The van der Waals surface area contributed by atoms with Crippen molar-refractivity contribution in [2.45, 2.75) is 17.6 Å². The van der Waals surface area contributed by atoms with Crippen LogP contribution in [0.15, 0.2) is 53.4 Å². The molecule has 1 aliphatic rings. The van der Waals surface area contributed by atoms with Gasteiger partial charge in [-0.1, -0.05) is 35.9 Å². The summed E-state index contributed by atoms with van der Waals surface area (Å²) in [5.41, 5.74) is 4.30. The Balaban J connectivity index is 1.66. The van der Waals surface area contributed by atoms with E-state index in [0.29, 0.717) is 0 Å². The molecule has 2 aromatic carbocycles. The molecule has 1 N–H and O–H groups in total. The lowest BCUT2D eigenvalue weighted by Crippen LogP contribution is -2.10. The Morgan fingerprint density at radius 2 is 2.00 bits per heavy atom. The van der Waals surface area contributed by atoms with Crippen molar-refractivity contribution in [2.24, 2.45) is 0 Å². The van der Waals surface area contributed by atoms with Crippen LogP contribution in [0.4, 0.5) is 5.69 Å². The first-order valence-corrected chi connectivity index (χ1v) is 9.72. The number of para-hydroxylation sites is 1. The van der Waals surface area contributed by atoms with Crippen LogP contribution >= 0.6 is 34.7 Å². The van der Waals surface area contributed by atoms with E-state index in [4.69, 9.17) is 11.6 Å². The van der Waals surface area contributed by atoms with E-state index in [1.807, 2.05) is 55.5 Å². The fourth-order valence-corrected chi connectivity index (χ4v) is 5.31. The molecule has 0 bridgehead atoms. The quantitative estimate of drug-likeness (QED) is 0.578. The highest BCUT2D eigenvalue weighted by molar-refractivity contribution is 7.98. The number of fused-ring (bicyclic) bond motifs is 3. The zero-order chi connectivity index (χ0) is 16.7. The Morgan fingerprint density at radius 3 is 2.83 bits per heavy atom. The Bertz CT molecular complexity index is 948. The van der Waals surface area contributed by atoms with Crippen LogP contribution in [0.1, 0.15) is 20.8 Å². The Labute approximate surface area is 153 Å². The van der Waals surface area contributed by atoms with Gasteiger partial charge in [-0.2, -0.15) is 0 Å². The highest BCUT2D eigenvalue weighted by Crippen LogP contribution is 2.46. The molecule has 0 radical (unpaired) electrons. The molecular weight excluding hydrogens is 358 g/mol. The van der Waals surface area contributed by atoms with Gasteiger partial charge in [0.25, 0.3) is 5.91 Å². The fraction of sp³-hybridized carbons (Fsp3) is 0.105. The lowest BCUT2D eigenvalue weighted by molar-refractivity contribution is 0.103. The molecule has 0 unspecified atom stereocenters. The summed E-state index contributed by atoms with van der Waals surface area (Å²) < 4.78 is 0. The van der Waals surface area contributed by atoms with Gasteiger partial charge in [-0.3, -0.25) is 4.79 Å². The maximum Gasteiger partial charge on any atom is 0.265 e. The number of thiophene rings is 1. The van der Waals surface area contributed by atoms with Gasteiger partial charge in [0.15, 0.2) is 0 Å². The first kappa shape index (κ1) is 15.8. The van der Waals surface area contributed by atoms with E-state index < -0.39 is 0 Å². The number of nitrogens with one attached hydrogen (secondary N) is 1. The second-order valence-electron chi connectivity index (χ2n) is 5.66. The highest BCUT2D eigenvalue weighted by Gasteiger charge is 2.22. The van der Waals surface area contributed by atoms with Crippen LogP contribution in [0.25, 0.3) is 10.4 Å². The van der Waals surface area contributed by atoms with E-state index >= 15 is 0 Å². The summed E-state index contributed by atoms with van der Waals surface area (Å²) in [4.78, 5) is 15.7. The van der Waals surface area contributed by atoms with Crippen LogP contribution < -0.4 is 5.32 Å². The van der Waals surface area contributed by atoms with Crippen LogP contribution in [0.5, 0.6) is 0 Å². The molecule has 0 spiro atoms. The second-order valence-corrected chi connectivity index (χ2v) is 8.17.